The van der Waals surface area contributed by atoms with Gasteiger partial charge in [-0.05, 0) is 31.0 Å². The molecule has 1 N–H and O–H groups in total. The first-order chi connectivity index (χ1) is 10.3. The largest absolute Gasteiger partial charge is 0.386 e. The Bertz CT molecular complexity index is 599. The standard InChI is InChI=1S/C16H19F2NO3/c1-3-16(4-2)8-14(21)19(15(16)22)9-13(20)11-7-10(17)5-6-12(11)18/h5-7,13,20H,3-4,8-9H2,1-2H3/t13-/m0/s1. The smallest absolute Gasteiger partial charge is 0.235 e. The van der Waals surface area contributed by atoms with Crippen LogP contribution in [0.4, 0.5) is 8.78 Å². The van der Waals surface area contributed by atoms with Crippen molar-refractivity contribution in [1.82, 2.24) is 4.90 Å². The van der Waals surface area contributed by atoms with Crippen LogP contribution >= 0.6 is 0 Å². The molecule has 0 saturated carbocycles. The molecule has 0 spiro atoms. The van der Waals surface area contributed by atoms with E-state index in [1.165, 1.54) is 0 Å². The molecule has 0 aliphatic carbocycles. The van der Waals surface area contributed by atoms with E-state index in [0.717, 1.165) is 23.1 Å². The van der Waals surface area contributed by atoms with E-state index < -0.39 is 23.2 Å². The molecule has 1 atom stereocenters. The van der Waals surface area contributed by atoms with Crippen molar-refractivity contribution in [3.63, 3.8) is 0 Å². The molecule has 0 bridgehead atoms. The average molecular weight is 311 g/mol. The number of nitrogens with zero attached hydrogens (tertiary/aromatic N) is 1. The number of aliphatic hydroxyl groups excluding tert-OH is 1. The van der Waals surface area contributed by atoms with Gasteiger partial charge < -0.3 is 5.11 Å². The number of imide groups is 1. The summed E-state index contributed by atoms with van der Waals surface area (Å²) in [5.74, 6) is -2.20. The number of benzene rings is 1. The number of hydrogen-bond acceptors (Lipinski definition) is 3. The highest BCUT2D eigenvalue weighted by Gasteiger charge is 2.49. The monoisotopic (exact) mass is 311 g/mol. The van der Waals surface area contributed by atoms with E-state index in [-0.39, 0.29) is 30.3 Å². The lowest BCUT2D eigenvalue weighted by molar-refractivity contribution is -0.143. The summed E-state index contributed by atoms with van der Waals surface area (Å²) in [6.45, 7) is 3.31. The van der Waals surface area contributed by atoms with Gasteiger partial charge in [0.05, 0.1) is 18.1 Å². The van der Waals surface area contributed by atoms with Crippen LogP contribution in [0, 0.1) is 17.0 Å². The molecule has 1 heterocycles. The summed E-state index contributed by atoms with van der Waals surface area (Å²) in [4.78, 5) is 25.5. The van der Waals surface area contributed by atoms with Gasteiger partial charge in [0, 0.05) is 12.0 Å². The van der Waals surface area contributed by atoms with Crippen LogP contribution in [-0.2, 0) is 9.59 Å². The third-order valence-corrected chi connectivity index (χ3v) is 4.52. The van der Waals surface area contributed by atoms with E-state index >= 15 is 0 Å². The van der Waals surface area contributed by atoms with Crippen molar-refractivity contribution in [3.8, 4) is 0 Å². The first-order valence-electron chi connectivity index (χ1n) is 7.32. The predicted molar refractivity (Wildman–Crippen MR) is 75.7 cm³/mol. The van der Waals surface area contributed by atoms with Crippen LogP contribution in [0.1, 0.15) is 44.8 Å². The van der Waals surface area contributed by atoms with Gasteiger partial charge in [-0.25, -0.2) is 8.78 Å². The Morgan fingerprint density at radius 1 is 1.27 bits per heavy atom. The molecule has 0 aromatic heterocycles. The molecule has 1 saturated heterocycles. The Morgan fingerprint density at radius 2 is 1.91 bits per heavy atom. The fourth-order valence-electron chi connectivity index (χ4n) is 2.89. The molecule has 2 rings (SSSR count). The minimum atomic E-state index is -1.45. The van der Waals surface area contributed by atoms with Crippen molar-refractivity contribution >= 4 is 11.8 Å². The molecule has 120 valence electrons. The summed E-state index contributed by atoms with van der Waals surface area (Å²) in [5, 5.41) is 10.1. The Kier molecular flexibility index (Phi) is 4.60. The third-order valence-electron chi connectivity index (χ3n) is 4.52. The lowest BCUT2D eigenvalue weighted by Crippen LogP contribution is -2.38. The Morgan fingerprint density at radius 3 is 2.45 bits per heavy atom. The van der Waals surface area contributed by atoms with Gasteiger partial charge in [0.1, 0.15) is 11.6 Å². The van der Waals surface area contributed by atoms with Crippen molar-refractivity contribution in [3.05, 3.63) is 35.4 Å². The van der Waals surface area contributed by atoms with Gasteiger partial charge in [-0.15, -0.1) is 0 Å². The number of hydrogen-bond donors (Lipinski definition) is 1. The van der Waals surface area contributed by atoms with Gasteiger partial charge in [0.25, 0.3) is 0 Å². The van der Waals surface area contributed by atoms with Crippen molar-refractivity contribution in [2.24, 2.45) is 5.41 Å². The highest BCUT2D eigenvalue weighted by molar-refractivity contribution is 6.05. The number of halogens is 2. The van der Waals surface area contributed by atoms with E-state index in [1.54, 1.807) is 0 Å². The average Bonchev–Trinajstić information content (AvgIpc) is 2.74. The maximum atomic E-state index is 13.7. The Hall–Kier alpha value is -1.82. The predicted octanol–water partition coefficient (Wildman–Crippen LogP) is 2.56. The minimum absolute atomic E-state index is 0.0944. The van der Waals surface area contributed by atoms with E-state index in [1.807, 2.05) is 13.8 Å². The zero-order chi connectivity index (χ0) is 16.5. The van der Waals surface area contributed by atoms with Crippen LogP contribution in [0.3, 0.4) is 0 Å². The van der Waals surface area contributed by atoms with Crippen molar-refractivity contribution in [1.29, 1.82) is 0 Å². The van der Waals surface area contributed by atoms with Crippen molar-refractivity contribution < 1.29 is 23.5 Å². The van der Waals surface area contributed by atoms with Crippen molar-refractivity contribution in [2.45, 2.75) is 39.2 Å². The summed E-state index contributed by atoms with van der Waals surface area (Å²) in [7, 11) is 0. The lowest BCUT2D eigenvalue weighted by atomic mass is 9.81. The SMILES string of the molecule is CCC1(CC)CC(=O)N(C[C@H](O)c2cc(F)ccc2F)C1=O. The Balaban J connectivity index is 2.21. The van der Waals surface area contributed by atoms with Crippen molar-refractivity contribution in [2.75, 3.05) is 6.54 Å². The van der Waals surface area contributed by atoms with Crippen LogP contribution in [0.25, 0.3) is 0 Å². The van der Waals surface area contributed by atoms with E-state index in [9.17, 15) is 23.5 Å². The van der Waals surface area contributed by atoms with Gasteiger partial charge in [-0.2, -0.15) is 0 Å². The van der Waals surface area contributed by atoms with Crippen LogP contribution < -0.4 is 0 Å². The number of carbonyl (C=O) groups is 2. The number of amides is 2. The van der Waals surface area contributed by atoms with Crippen LogP contribution in [0.5, 0.6) is 0 Å². The molecule has 2 amide bonds. The molecule has 6 heteroatoms. The number of aliphatic hydroxyl groups is 1. The zero-order valence-electron chi connectivity index (χ0n) is 12.6. The first-order valence-corrected chi connectivity index (χ1v) is 7.32. The molecular formula is C16H19F2NO3. The second-order valence-electron chi connectivity index (χ2n) is 5.66. The molecule has 0 radical (unpaired) electrons. The topological polar surface area (TPSA) is 57.6 Å². The molecule has 1 aliphatic heterocycles. The third kappa shape index (κ3) is 2.75. The summed E-state index contributed by atoms with van der Waals surface area (Å²) in [5.41, 5.74) is -0.997. The minimum Gasteiger partial charge on any atom is -0.386 e. The molecule has 1 aromatic rings. The van der Waals surface area contributed by atoms with Crippen LogP contribution in [0.15, 0.2) is 18.2 Å². The molecule has 1 fully saturated rings. The summed E-state index contributed by atoms with van der Waals surface area (Å²) in [6.07, 6.45) is -0.311. The number of β-amino-alcohol motifs (C(OH)–C–C–N with tert-alkyl or cyclic N) is 1. The molecular weight excluding hydrogens is 292 g/mol. The summed E-state index contributed by atoms with van der Waals surface area (Å²) in [6, 6.07) is 2.72. The van der Waals surface area contributed by atoms with Gasteiger partial charge >= 0.3 is 0 Å². The maximum absolute atomic E-state index is 13.7. The second-order valence-corrected chi connectivity index (χ2v) is 5.66. The van der Waals surface area contributed by atoms with Gasteiger partial charge in [-0.3, -0.25) is 14.5 Å². The van der Waals surface area contributed by atoms with Gasteiger partial charge in [0.2, 0.25) is 11.8 Å². The van der Waals surface area contributed by atoms with E-state index in [2.05, 4.69) is 0 Å². The maximum Gasteiger partial charge on any atom is 0.235 e. The van der Waals surface area contributed by atoms with Crippen LogP contribution in [-0.4, -0.2) is 28.4 Å². The molecule has 1 aliphatic rings. The normalized spacial score (nSPS) is 18.9. The highest BCUT2D eigenvalue weighted by atomic mass is 19.1. The lowest BCUT2D eigenvalue weighted by Gasteiger charge is -2.25. The molecule has 4 nitrogen and oxygen atoms in total. The van der Waals surface area contributed by atoms with E-state index in [4.69, 9.17) is 0 Å². The van der Waals surface area contributed by atoms with Gasteiger partial charge in [-0.1, -0.05) is 13.8 Å². The fourth-order valence-corrected chi connectivity index (χ4v) is 2.89. The summed E-state index contributed by atoms with van der Waals surface area (Å²) >= 11 is 0. The number of likely N-dealkylation sites (tertiary alicyclic amines) is 1. The quantitative estimate of drug-likeness (QED) is 0.850. The molecule has 0 unspecified atom stereocenters. The fraction of sp³-hybridized carbons (Fsp3) is 0.500. The number of carbonyl (C=O) groups excluding carboxylic acids is 2. The van der Waals surface area contributed by atoms with Crippen LogP contribution in [0.2, 0.25) is 0 Å². The zero-order valence-corrected chi connectivity index (χ0v) is 12.6. The molecule has 1 aromatic carbocycles. The summed E-state index contributed by atoms with van der Waals surface area (Å²) < 4.78 is 26.8. The highest BCUT2D eigenvalue weighted by Crippen LogP contribution is 2.39. The molecule has 22 heavy (non-hydrogen) atoms. The second kappa shape index (κ2) is 6.12. The Labute approximate surface area is 127 Å². The number of rotatable bonds is 5. The van der Waals surface area contributed by atoms with E-state index in [0.29, 0.717) is 12.8 Å². The van der Waals surface area contributed by atoms with Gasteiger partial charge in [0.15, 0.2) is 0 Å². The first kappa shape index (κ1) is 16.5.